The van der Waals surface area contributed by atoms with Crippen LogP contribution < -0.4 is 4.74 Å². The number of carboxylic acids is 1. The molecule has 1 atom stereocenters. The van der Waals surface area contributed by atoms with E-state index in [0.29, 0.717) is 0 Å². The van der Waals surface area contributed by atoms with E-state index in [4.69, 9.17) is 9.84 Å². The van der Waals surface area contributed by atoms with Gasteiger partial charge in [-0.15, -0.1) is 0 Å². The second-order valence-corrected chi connectivity index (χ2v) is 7.77. The van der Waals surface area contributed by atoms with E-state index in [9.17, 15) is 4.79 Å². The lowest BCUT2D eigenvalue weighted by molar-refractivity contribution is -0.138. The molecule has 1 aromatic rings. The van der Waals surface area contributed by atoms with Crippen LogP contribution in [0.15, 0.2) is 18.2 Å². The van der Waals surface area contributed by atoms with Crippen molar-refractivity contribution in [2.75, 3.05) is 0 Å². The van der Waals surface area contributed by atoms with Crippen LogP contribution in [0.1, 0.15) is 66.0 Å². The second kappa shape index (κ2) is 6.08. The molecule has 0 aliphatic heterocycles. The fourth-order valence-corrected chi connectivity index (χ4v) is 2.05. The molecule has 118 valence electrons. The fourth-order valence-electron chi connectivity index (χ4n) is 2.05. The third-order valence-electron chi connectivity index (χ3n) is 3.44. The molecule has 1 rings (SSSR count). The first-order chi connectivity index (χ1) is 9.39. The normalized spacial score (nSPS) is 13.9. The molecule has 3 heteroatoms. The highest BCUT2D eigenvalue weighted by atomic mass is 16.5. The second-order valence-electron chi connectivity index (χ2n) is 7.77. The SMILES string of the molecule is C[C@H](CC(=O)O)Oc1cc(C(C)(C)C)cc(C(C)(C)C)c1. The Hall–Kier alpha value is -1.51. The Balaban J connectivity index is 3.17. The Morgan fingerprint density at radius 3 is 1.81 bits per heavy atom. The molecular weight excluding hydrogens is 264 g/mol. The highest BCUT2D eigenvalue weighted by Crippen LogP contribution is 2.33. The average molecular weight is 292 g/mol. The highest BCUT2D eigenvalue weighted by molar-refractivity contribution is 5.67. The predicted octanol–water partition coefficient (Wildman–Crippen LogP) is 4.52. The minimum Gasteiger partial charge on any atom is -0.490 e. The minimum absolute atomic E-state index is 0.00456. The summed E-state index contributed by atoms with van der Waals surface area (Å²) in [5, 5.41) is 8.85. The maximum atomic E-state index is 10.8. The summed E-state index contributed by atoms with van der Waals surface area (Å²) >= 11 is 0. The summed E-state index contributed by atoms with van der Waals surface area (Å²) in [5.41, 5.74) is 2.45. The monoisotopic (exact) mass is 292 g/mol. The molecule has 0 heterocycles. The lowest BCUT2D eigenvalue weighted by atomic mass is 9.80. The zero-order valence-electron chi connectivity index (χ0n) is 14.3. The van der Waals surface area contributed by atoms with Gasteiger partial charge in [-0.1, -0.05) is 47.6 Å². The van der Waals surface area contributed by atoms with Gasteiger partial charge in [-0.2, -0.15) is 0 Å². The van der Waals surface area contributed by atoms with Crippen molar-refractivity contribution in [1.29, 1.82) is 0 Å². The van der Waals surface area contributed by atoms with Crippen molar-refractivity contribution >= 4 is 5.97 Å². The first-order valence-electron chi connectivity index (χ1n) is 7.44. The number of benzene rings is 1. The summed E-state index contributed by atoms with van der Waals surface area (Å²) in [6, 6.07) is 6.26. The average Bonchev–Trinajstić information content (AvgIpc) is 2.24. The van der Waals surface area contributed by atoms with Crippen LogP contribution in [-0.4, -0.2) is 17.2 Å². The van der Waals surface area contributed by atoms with Gasteiger partial charge in [-0.05, 0) is 41.0 Å². The van der Waals surface area contributed by atoms with Gasteiger partial charge in [-0.3, -0.25) is 4.79 Å². The van der Waals surface area contributed by atoms with Gasteiger partial charge in [0, 0.05) is 0 Å². The number of hydrogen-bond acceptors (Lipinski definition) is 2. The van der Waals surface area contributed by atoms with Crippen molar-refractivity contribution in [3.63, 3.8) is 0 Å². The van der Waals surface area contributed by atoms with Gasteiger partial charge in [0.25, 0.3) is 0 Å². The molecule has 0 unspecified atom stereocenters. The van der Waals surface area contributed by atoms with E-state index in [2.05, 4.69) is 47.6 Å². The maximum Gasteiger partial charge on any atom is 0.307 e. The van der Waals surface area contributed by atoms with Gasteiger partial charge >= 0.3 is 5.97 Å². The van der Waals surface area contributed by atoms with Crippen LogP contribution in [0.2, 0.25) is 0 Å². The van der Waals surface area contributed by atoms with Crippen LogP contribution in [0.3, 0.4) is 0 Å². The lowest BCUT2D eigenvalue weighted by Crippen LogP contribution is -2.19. The number of carbonyl (C=O) groups is 1. The Morgan fingerprint density at radius 2 is 1.48 bits per heavy atom. The summed E-state index contributed by atoms with van der Waals surface area (Å²) in [6.45, 7) is 14.8. The van der Waals surface area contributed by atoms with Gasteiger partial charge in [0.2, 0.25) is 0 Å². The Bertz CT molecular complexity index is 472. The smallest absolute Gasteiger partial charge is 0.307 e. The third-order valence-corrected chi connectivity index (χ3v) is 3.44. The molecular formula is C18H28O3. The van der Waals surface area contributed by atoms with Crippen LogP contribution in [-0.2, 0) is 15.6 Å². The van der Waals surface area contributed by atoms with E-state index in [1.807, 2.05) is 12.1 Å². The fraction of sp³-hybridized carbons (Fsp3) is 0.611. The van der Waals surface area contributed by atoms with Crippen molar-refractivity contribution in [2.45, 2.75) is 71.8 Å². The first kappa shape index (κ1) is 17.5. The molecule has 0 spiro atoms. The minimum atomic E-state index is -0.842. The molecule has 0 amide bonds. The molecule has 0 fully saturated rings. The van der Waals surface area contributed by atoms with Crippen molar-refractivity contribution < 1.29 is 14.6 Å². The van der Waals surface area contributed by atoms with Crippen molar-refractivity contribution in [3.05, 3.63) is 29.3 Å². The molecule has 0 bridgehead atoms. The zero-order valence-corrected chi connectivity index (χ0v) is 14.3. The summed E-state index contributed by atoms with van der Waals surface area (Å²) in [5.74, 6) is -0.0911. The van der Waals surface area contributed by atoms with Gasteiger partial charge in [0.15, 0.2) is 0 Å². The number of carboxylic acid groups (broad SMARTS) is 1. The Morgan fingerprint density at radius 1 is 1.05 bits per heavy atom. The topological polar surface area (TPSA) is 46.5 Å². The van der Waals surface area contributed by atoms with Crippen LogP contribution in [0.5, 0.6) is 5.75 Å². The Kier molecular flexibility index (Phi) is 5.08. The van der Waals surface area contributed by atoms with Gasteiger partial charge in [0.05, 0.1) is 6.42 Å². The van der Waals surface area contributed by atoms with E-state index in [0.717, 1.165) is 5.75 Å². The quantitative estimate of drug-likeness (QED) is 0.887. The first-order valence-corrected chi connectivity index (χ1v) is 7.44. The van der Waals surface area contributed by atoms with Crippen molar-refractivity contribution in [3.8, 4) is 5.75 Å². The van der Waals surface area contributed by atoms with Gasteiger partial charge in [0.1, 0.15) is 11.9 Å². The molecule has 0 radical (unpaired) electrons. The number of aliphatic carboxylic acids is 1. The summed E-state index contributed by atoms with van der Waals surface area (Å²) in [7, 11) is 0. The molecule has 1 N–H and O–H groups in total. The largest absolute Gasteiger partial charge is 0.490 e. The van der Waals surface area contributed by atoms with E-state index in [1.165, 1.54) is 11.1 Å². The molecule has 0 saturated heterocycles. The van der Waals surface area contributed by atoms with Crippen molar-refractivity contribution in [2.24, 2.45) is 0 Å². The molecule has 1 aromatic carbocycles. The maximum absolute atomic E-state index is 10.8. The molecule has 0 aliphatic rings. The molecule has 0 aromatic heterocycles. The molecule has 0 saturated carbocycles. The molecule has 21 heavy (non-hydrogen) atoms. The van der Waals surface area contributed by atoms with E-state index >= 15 is 0 Å². The van der Waals surface area contributed by atoms with E-state index < -0.39 is 5.97 Å². The molecule has 3 nitrogen and oxygen atoms in total. The van der Waals surface area contributed by atoms with Gasteiger partial charge in [-0.25, -0.2) is 0 Å². The van der Waals surface area contributed by atoms with Crippen LogP contribution in [0.25, 0.3) is 0 Å². The van der Waals surface area contributed by atoms with E-state index in [1.54, 1.807) is 6.92 Å². The van der Waals surface area contributed by atoms with E-state index in [-0.39, 0.29) is 23.4 Å². The standard InChI is InChI=1S/C18H28O3/c1-12(8-16(19)20)21-15-10-13(17(2,3)4)9-14(11-15)18(5,6)7/h9-12H,8H2,1-7H3,(H,19,20)/t12-/m1/s1. The number of rotatable bonds is 4. The number of ether oxygens (including phenoxy) is 1. The summed E-state index contributed by atoms with van der Waals surface area (Å²) < 4.78 is 5.82. The summed E-state index contributed by atoms with van der Waals surface area (Å²) in [6.07, 6.45) is -0.338. The third kappa shape index (κ3) is 5.41. The molecule has 0 aliphatic carbocycles. The summed E-state index contributed by atoms with van der Waals surface area (Å²) in [4.78, 5) is 10.8. The highest BCUT2D eigenvalue weighted by Gasteiger charge is 2.21. The number of hydrogen-bond donors (Lipinski definition) is 1. The van der Waals surface area contributed by atoms with Crippen LogP contribution in [0.4, 0.5) is 0 Å². The van der Waals surface area contributed by atoms with Crippen LogP contribution in [0, 0.1) is 0 Å². The van der Waals surface area contributed by atoms with Crippen LogP contribution >= 0.6 is 0 Å². The van der Waals surface area contributed by atoms with Crippen molar-refractivity contribution in [1.82, 2.24) is 0 Å². The zero-order chi connectivity index (χ0) is 16.4. The van der Waals surface area contributed by atoms with Gasteiger partial charge < -0.3 is 9.84 Å². The predicted molar refractivity (Wildman–Crippen MR) is 86.2 cm³/mol. The Labute approximate surface area is 128 Å². The lowest BCUT2D eigenvalue weighted by Gasteiger charge is -2.26.